The van der Waals surface area contributed by atoms with Gasteiger partial charge in [-0.25, -0.2) is 0 Å². The molecule has 150 valence electrons. The van der Waals surface area contributed by atoms with Crippen molar-refractivity contribution in [2.75, 3.05) is 38.7 Å². The van der Waals surface area contributed by atoms with E-state index in [1.54, 1.807) is 31.4 Å². The van der Waals surface area contributed by atoms with Crippen molar-refractivity contribution < 1.29 is 19.1 Å². The van der Waals surface area contributed by atoms with Gasteiger partial charge in [0.05, 0.1) is 5.57 Å². The number of benzene rings is 1. The van der Waals surface area contributed by atoms with Gasteiger partial charge in [-0.15, -0.1) is 0 Å². The number of likely N-dealkylation sites (tertiary alicyclic amines) is 1. The number of nitrogens with zero attached hydrogens (tertiary/aromatic N) is 2. The molecule has 0 aromatic heterocycles. The van der Waals surface area contributed by atoms with Gasteiger partial charge in [0, 0.05) is 46.0 Å². The minimum atomic E-state index is -0.256. The number of rotatable bonds is 7. The van der Waals surface area contributed by atoms with E-state index < -0.39 is 0 Å². The number of carbonyl (C=O) groups is 3. The molecule has 1 aromatic carbocycles. The maximum absolute atomic E-state index is 13.1. The second kappa shape index (κ2) is 9.01. The standard InChI is InChI=1S/C21H27N3O4/c1-15(25)22-17-9-7-16(8-10-17)18-19(23-11-4-3-5-12-23)21(27)24(20(18)26)13-6-14-28-2/h7-10H,3-6,11-14H2,1-2H3,(H,22,25). The molecule has 28 heavy (non-hydrogen) atoms. The highest BCUT2D eigenvalue weighted by Gasteiger charge is 2.41. The Labute approximate surface area is 165 Å². The van der Waals surface area contributed by atoms with Crippen LogP contribution < -0.4 is 5.32 Å². The van der Waals surface area contributed by atoms with Gasteiger partial charge in [0.25, 0.3) is 11.8 Å². The quantitative estimate of drug-likeness (QED) is 0.575. The van der Waals surface area contributed by atoms with Crippen LogP contribution in [-0.4, -0.2) is 60.9 Å². The van der Waals surface area contributed by atoms with E-state index in [-0.39, 0.29) is 17.7 Å². The lowest BCUT2D eigenvalue weighted by atomic mass is 10.0. The number of nitrogens with one attached hydrogen (secondary N) is 1. The summed E-state index contributed by atoms with van der Waals surface area (Å²) in [6.45, 7) is 3.86. The first kappa shape index (κ1) is 20.1. The molecule has 1 N–H and O–H groups in total. The first-order valence-electron chi connectivity index (χ1n) is 9.75. The van der Waals surface area contributed by atoms with Crippen LogP contribution in [-0.2, 0) is 19.1 Å². The minimum absolute atomic E-state index is 0.155. The van der Waals surface area contributed by atoms with Gasteiger partial charge in [-0.3, -0.25) is 19.3 Å². The van der Waals surface area contributed by atoms with Crippen LogP contribution in [0, 0.1) is 0 Å². The molecule has 0 bridgehead atoms. The number of amides is 3. The van der Waals surface area contributed by atoms with Gasteiger partial charge in [0.15, 0.2) is 0 Å². The van der Waals surface area contributed by atoms with Gasteiger partial charge >= 0.3 is 0 Å². The summed E-state index contributed by atoms with van der Waals surface area (Å²) in [4.78, 5) is 40.9. The van der Waals surface area contributed by atoms with Crippen molar-refractivity contribution in [2.24, 2.45) is 0 Å². The minimum Gasteiger partial charge on any atom is -0.385 e. The largest absolute Gasteiger partial charge is 0.385 e. The summed E-state index contributed by atoms with van der Waals surface area (Å²) in [6.07, 6.45) is 3.78. The van der Waals surface area contributed by atoms with E-state index in [1.807, 2.05) is 0 Å². The summed E-state index contributed by atoms with van der Waals surface area (Å²) in [5.74, 6) is -0.629. The van der Waals surface area contributed by atoms with Crippen LogP contribution >= 0.6 is 0 Å². The Balaban J connectivity index is 1.93. The fourth-order valence-electron chi connectivity index (χ4n) is 3.73. The first-order valence-corrected chi connectivity index (χ1v) is 9.75. The van der Waals surface area contributed by atoms with Crippen molar-refractivity contribution in [1.82, 2.24) is 9.80 Å². The number of hydrogen-bond donors (Lipinski definition) is 1. The lowest BCUT2D eigenvalue weighted by Gasteiger charge is -2.29. The highest BCUT2D eigenvalue weighted by molar-refractivity contribution is 6.35. The topological polar surface area (TPSA) is 79.0 Å². The normalized spacial score (nSPS) is 17.5. The van der Waals surface area contributed by atoms with Crippen molar-refractivity contribution in [1.29, 1.82) is 0 Å². The molecule has 7 heteroatoms. The van der Waals surface area contributed by atoms with Gasteiger partial charge in [0.2, 0.25) is 5.91 Å². The lowest BCUT2D eigenvalue weighted by Crippen LogP contribution is -2.37. The SMILES string of the molecule is COCCCN1C(=O)C(c2ccc(NC(C)=O)cc2)=C(N2CCCCC2)C1=O. The Hall–Kier alpha value is -2.67. The molecule has 0 atom stereocenters. The fourth-order valence-corrected chi connectivity index (χ4v) is 3.73. The lowest BCUT2D eigenvalue weighted by molar-refractivity contribution is -0.137. The summed E-state index contributed by atoms with van der Waals surface area (Å²) in [6, 6.07) is 7.08. The Kier molecular flexibility index (Phi) is 6.46. The van der Waals surface area contributed by atoms with Crippen LogP contribution in [0.3, 0.4) is 0 Å². The highest BCUT2D eigenvalue weighted by atomic mass is 16.5. The number of carbonyl (C=O) groups excluding carboxylic acids is 3. The van der Waals surface area contributed by atoms with E-state index in [0.717, 1.165) is 32.4 Å². The molecule has 3 rings (SSSR count). The van der Waals surface area contributed by atoms with Crippen molar-refractivity contribution in [3.63, 3.8) is 0 Å². The molecule has 3 amide bonds. The molecule has 0 unspecified atom stereocenters. The van der Waals surface area contributed by atoms with Crippen LogP contribution in [0.4, 0.5) is 5.69 Å². The average Bonchev–Trinajstić information content (AvgIpc) is 2.93. The number of methoxy groups -OCH3 is 1. The predicted octanol–water partition coefficient (Wildman–Crippen LogP) is 2.25. The van der Waals surface area contributed by atoms with Crippen LogP contribution in [0.2, 0.25) is 0 Å². The Morgan fingerprint density at radius 2 is 1.75 bits per heavy atom. The maximum atomic E-state index is 13.1. The summed E-state index contributed by atoms with van der Waals surface area (Å²) in [7, 11) is 1.60. The monoisotopic (exact) mass is 385 g/mol. The van der Waals surface area contributed by atoms with E-state index in [9.17, 15) is 14.4 Å². The molecule has 7 nitrogen and oxygen atoms in total. The smallest absolute Gasteiger partial charge is 0.277 e. The zero-order chi connectivity index (χ0) is 20.1. The molecular formula is C21H27N3O4. The molecule has 0 radical (unpaired) electrons. The molecule has 1 aromatic rings. The molecule has 2 aliphatic heterocycles. The third-order valence-corrected chi connectivity index (χ3v) is 5.04. The Bertz CT molecular complexity index is 779. The number of hydrogen-bond acceptors (Lipinski definition) is 5. The summed E-state index contributed by atoms with van der Waals surface area (Å²) in [5.41, 5.74) is 2.32. The van der Waals surface area contributed by atoms with Gasteiger partial charge in [-0.1, -0.05) is 12.1 Å². The molecule has 2 heterocycles. The third kappa shape index (κ3) is 4.25. The molecule has 2 aliphatic rings. The molecule has 1 fully saturated rings. The van der Waals surface area contributed by atoms with Crippen molar-refractivity contribution >= 4 is 29.0 Å². The Morgan fingerprint density at radius 1 is 1.07 bits per heavy atom. The van der Waals surface area contributed by atoms with E-state index in [1.165, 1.54) is 11.8 Å². The zero-order valence-electron chi connectivity index (χ0n) is 16.5. The average molecular weight is 385 g/mol. The van der Waals surface area contributed by atoms with E-state index in [0.29, 0.717) is 42.1 Å². The van der Waals surface area contributed by atoms with Crippen LogP contribution in [0.15, 0.2) is 30.0 Å². The molecular weight excluding hydrogens is 358 g/mol. The van der Waals surface area contributed by atoms with Crippen LogP contribution in [0.25, 0.3) is 5.57 Å². The maximum Gasteiger partial charge on any atom is 0.277 e. The van der Waals surface area contributed by atoms with Gasteiger partial charge in [0.1, 0.15) is 5.70 Å². The summed E-state index contributed by atoms with van der Waals surface area (Å²) in [5, 5.41) is 2.72. The molecule has 1 saturated heterocycles. The Morgan fingerprint density at radius 3 is 2.36 bits per heavy atom. The number of anilines is 1. The molecule has 0 aliphatic carbocycles. The van der Waals surface area contributed by atoms with Crippen LogP contribution in [0.1, 0.15) is 38.2 Å². The van der Waals surface area contributed by atoms with E-state index in [4.69, 9.17) is 4.74 Å². The van der Waals surface area contributed by atoms with Crippen molar-refractivity contribution in [3.05, 3.63) is 35.5 Å². The number of ether oxygens (including phenoxy) is 1. The molecule has 0 saturated carbocycles. The van der Waals surface area contributed by atoms with Crippen molar-refractivity contribution in [3.8, 4) is 0 Å². The predicted molar refractivity (Wildman–Crippen MR) is 106 cm³/mol. The second-order valence-electron chi connectivity index (χ2n) is 7.14. The highest BCUT2D eigenvalue weighted by Crippen LogP contribution is 2.33. The van der Waals surface area contributed by atoms with Gasteiger partial charge in [-0.2, -0.15) is 0 Å². The second-order valence-corrected chi connectivity index (χ2v) is 7.14. The van der Waals surface area contributed by atoms with Gasteiger partial charge in [-0.05, 0) is 43.4 Å². The third-order valence-electron chi connectivity index (χ3n) is 5.04. The number of piperidine rings is 1. The summed E-state index contributed by atoms with van der Waals surface area (Å²) < 4.78 is 5.06. The molecule has 0 spiro atoms. The van der Waals surface area contributed by atoms with Crippen LogP contribution in [0.5, 0.6) is 0 Å². The fraction of sp³-hybridized carbons (Fsp3) is 0.476. The first-order chi connectivity index (χ1) is 13.5. The summed E-state index contributed by atoms with van der Waals surface area (Å²) >= 11 is 0. The zero-order valence-corrected chi connectivity index (χ0v) is 16.5. The van der Waals surface area contributed by atoms with Gasteiger partial charge < -0.3 is 15.0 Å². The van der Waals surface area contributed by atoms with E-state index >= 15 is 0 Å². The van der Waals surface area contributed by atoms with Crippen molar-refractivity contribution in [2.45, 2.75) is 32.6 Å². The van der Waals surface area contributed by atoms with E-state index in [2.05, 4.69) is 10.2 Å². The number of imide groups is 1.